The third kappa shape index (κ3) is 3.58. The highest BCUT2D eigenvalue weighted by Crippen LogP contribution is 2.21. The minimum Gasteiger partial charge on any atom is -0.236 e. The predicted octanol–water partition coefficient (Wildman–Crippen LogP) is 5.42. The summed E-state index contributed by atoms with van der Waals surface area (Å²) >= 11 is 0. The van der Waals surface area contributed by atoms with Gasteiger partial charge < -0.3 is 0 Å². The fourth-order valence-electron chi connectivity index (χ4n) is 2.76. The molecule has 0 radical (unpaired) electrons. The molecule has 0 amide bonds. The molecular formula is C23H13F3N2. The molecule has 0 atom stereocenters. The molecule has 0 saturated carbocycles. The lowest BCUT2D eigenvalue weighted by Gasteiger charge is -2.02. The van der Waals surface area contributed by atoms with Gasteiger partial charge in [0.15, 0.2) is 17.5 Å². The number of benzene rings is 3. The fraction of sp³-hybridized carbons (Fsp3) is 0.0435. The average Bonchev–Trinajstić information content (AvgIpc) is 2.68. The van der Waals surface area contributed by atoms with Crippen molar-refractivity contribution in [1.29, 1.82) is 0 Å². The number of aromatic nitrogens is 2. The van der Waals surface area contributed by atoms with Gasteiger partial charge in [0.1, 0.15) is 5.82 Å². The summed E-state index contributed by atoms with van der Waals surface area (Å²) in [6.07, 6.45) is 3.34. The minimum absolute atomic E-state index is 0.223. The molecule has 0 aliphatic rings. The van der Waals surface area contributed by atoms with Crippen molar-refractivity contribution >= 4 is 10.8 Å². The Hall–Kier alpha value is -3.65. The number of halogens is 3. The highest BCUT2D eigenvalue weighted by Gasteiger charge is 2.06. The van der Waals surface area contributed by atoms with Crippen LogP contribution in [0.3, 0.4) is 0 Å². The van der Waals surface area contributed by atoms with Gasteiger partial charge in [0.25, 0.3) is 0 Å². The Kier molecular flexibility index (Phi) is 4.54. The summed E-state index contributed by atoms with van der Waals surface area (Å²) in [5.41, 5.74) is 2.28. The molecule has 0 spiro atoms. The molecule has 4 aromatic rings. The monoisotopic (exact) mass is 374 g/mol. The van der Waals surface area contributed by atoms with Gasteiger partial charge in [-0.3, -0.25) is 0 Å². The zero-order valence-electron chi connectivity index (χ0n) is 14.8. The normalized spacial score (nSPS) is 10.6. The molecule has 0 unspecified atom stereocenters. The Balaban J connectivity index is 1.65. The number of aryl methyl sites for hydroxylation is 1. The lowest BCUT2D eigenvalue weighted by Crippen LogP contribution is -1.91. The van der Waals surface area contributed by atoms with Crippen LogP contribution in [0.1, 0.15) is 16.7 Å². The molecular weight excluding hydrogens is 361 g/mol. The Labute approximate surface area is 159 Å². The van der Waals surface area contributed by atoms with Crippen LogP contribution >= 0.6 is 0 Å². The third-order valence-corrected chi connectivity index (χ3v) is 4.23. The quantitative estimate of drug-likeness (QED) is 0.416. The molecule has 28 heavy (non-hydrogen) atoms. The van der Waals surface area contributed by atoms with E-state index in [1.165, 1.54) is 6.07 Å². The van der Waals surface area contributed by atoms with E-state index in [0.29, 0.717) is 27.7 Å². The first-order valence-corrected chi connectivity index (χ1v) is 8.49. The first kappa shape index (κ1) is 17.7. The number of nitrogens with zero attached hydrogens (tertiary/aromatic N) is 2. The van der Waals surface area contributed by atoms with E-state index < -0.39 is 17.5 Å². The van der Waals surface area contributed by atoms with Gasteiger partial charge in [-0.1, -0.05) is 17.9 Å². The average molecular weight is 374 g/mol. The molecule has 0 bridgehead atoms. The molecule has 0 N–H and O–H groups in total. The third-order valence-electron chi connectivity index (χ3n) is 4.23. The van der Waals surface area contributed by atoms with Crippen molar-refractivity contribution in [2.75, 3.05) is 0 Å². The Morgan fingerprint density at radius 2 is 1.43 bits per heavy atom. The number of fused-ring (bicyclic) bond motifs is 1. The van der Waals surface area contributed by atoms with Crippen LogP contribution in [0.4, 0.5) is 13.2 Å². The molecule has 1 aromatic heterocycles. The minimum atomic E-state index is -0.919. The van der Waals surface area contributed by atoms with E-state index in [2.05, 4.69) is 21.8 Å². The SMILES string of the molecule is Cc1cnc(-c2ccc(C#Cc3ccc4cc(F)c(F)cc4c3)c(F)c2)nc1. The molecule has 0 aliphatic carbocycles. The second-order valence-corrected chi connectivity index (χ2v) is 6.36. The van der Waals surface area contributed by atoms with Gasteiger partial charge in [0, 0.05) is 23.5 Å². The van der Waals surface area contributed by atoms with Gasteiger partial charge in [-0.2, -0.15) is 0 Å². The van der Waals surface area contributed by atoms with Gasteiger partial charge in [-0.25, -0.2) is 23.1 Å². The molecule has 0 fully saturated rings. The van der Waals surface area contributed by atoms with E-state index in [9.17, 15) is 13.2 Å². The first-order chi connectivity index (χ1) is 13.5. The van der Waals surface area contributed by atoms with Crippen LogP contribution in [-0.2, 0) is 0 Å². The molecule has 0 saturated heterocycles. The van der Waals surface area contributed by atoms with Gasteiger partial charge in [-0.05, 0) is 65.7 Å². The molecule has 0 aliphatic heterocycles. The largest absolute Gasteiger partial charge is 0.236 e. The summed E-state index contributed by atoms with van der Waals surface area (Å²) in [4.78, 5) is 8.37. The molecule has 3 aromatic carbocycles. The van der Waals surface area contributed by atoms with Crippen molar-refractivity contribution in [2.45, 2.75) is 6.92 Å². The molecule has 2 nitrogen and oxygen atoms in total. The maximum Gasteiger partial charge on any atom is 0.159 e. The second kappa shape index (κ2) is 7.16. The summed E-state index contributed by atoms with van der Waals surface area (Å²) in [5, 5.41) is 1.09. The van der Waals surface area contributed by atoms with Gasteiger partial charge in [0.2, 0.25) is 0 Å². The molecule has 5 heteroatoms. The zero-order chi connectivity index (χ0) is 19.7. The highest BCUT2D eigenvalue weighted by atomic mass is 19.2. The van der Waals surface area contributed by atoms with Crippen molar-refractivity contribution in [1.82, 2.24) is 9.97 Å². The summed E-state index contributed by atoms with van der Waals surface area (Å²) in [5.74, 6) is 3.77. The van der Waals surface area contributed by atoms with Gasteiger partial charge in [0.05, 0.1) is 5.56 Å². The Morgan fingerprint density at radius 3 is 2.14 bits per heavy atom. The van der Waals surface area contributed by atoms with E-state index in [-0.39, 0.29) is 5.56 Å². The van der Waals surface area contributed by atoms with Crippen molar-refractivity contribution in [3.8, 4) is 23.2 Å². The van der Waals surface area contributed by atoms with Crippen molar-refractivity contribution in [3.05, 3.63) is 95.1 Å². The zero-order valence-corrected chi connectivity index (χ0v) is 14.8. The predicted molar refractivity (Wildman–Crippen MR) is 102 cm³/mol. The van der Waals surface area contributed by atoms with Crippen LogP contribution < -0.4 is 0 Å². The van der Waals surface area contributed by atoms with E-state index in [1.54, 1.807) is 42.7 Å². The van der Waals surface area contributed by atoms with Gasteiger partial charge in [-0.15, -0.1) is 0 Å². The van der Waals surface area contributed by atoms with E-state index in [1.807, 2.05) is 6.92 Å². The fourth-order valence-corrected chi connectivity index (χ4v) is 2.76. The topological polar surface area (TPSA) is 25.8 Å². The molecule has 136 valence electrons. The lowest BCUT2D eigenvalue weighted by molar-refractivity contribution is 0.511. The number of rotatable bonds is 1. The van der Waals surface area contributed by atoms with E-state index in [4.69, 9.17) is 0 Å². The van der Waals surface area contributed by atoms with E-state index in [0.717, 1.165) is 17.7 Å². The van der Waals surface area contributed by atoms with E-state index >= 15 is 0 Å². The Bertz CT molecular complexity index is 1250. The summed E-state index contributed by atoms with van der Waals surface area (Å²) in [6.45, 7) is 1.88. The van der Waals surface area contributed by atoms with Crippen molar-refractivity contribution in [3.63, 3.8) is 0 Å². The second-order valence-electron chi connectivity index (χ2n) is 6.36. The maximum atomic E-state index is 14.4. The molecule has 4 rings (SSSR count). The first-order valence-electron chi connectivity index (χ1n) is 8.49. The van der Waals surface area contributed by atoms with Crippen LogP contribution in [0.25, 0.3) is 22.2 Å². The Morgan fingerprint density at radius 1 is 0.714 bits per heavy atom. The highest BCUT2D eigenvalue weighted by molar-refractivity contribution is 5.84. The summed E-state index contributed by atoms with van der Waals surface area (Å²) < 4.78 is 41.1. The smallest absolute Gasteiger partial charge is 0.159 e. The summed E-state index contributed by atoms with van der Waals surface area (Å²) in [6, 6.07) is 11.8. The van der Waals surface area contributed by atoms with Crippen LogP contribution in [0.5, 0.6) is 0 Å². The van der Waals surface area contributed by atoms with Gasteiger partial charge >= 0.3 is 0 Å². The van der Waals surface area contributed by atoms with Crippen LogP contribution in [0, 0.1) is 36.2 Å². The molecule has 1 heterocycles. The van der Waals surface area contributed by atoms with Crippen LogP contribution in [0.2, 0.25) is 0 Å². The maximum absolute atomic E-state index is 14.4. The van der Waals surface area contributed by atoms with Crippen LogP contribution in [-0.4, -0.2) is 9.97 Å². The van der Waals surface area contributed by atoms with Crippen molar-refractivity contribution in [2.24, 2.45) is 0 Å². The van der Waals surface area contributed by atoms with Crippen LogP contribution in [0.15, 0.2) is 60.9 Å². The number of hydrogen-bond donors (Lipinski definition) is 0. The standard InChI is InChI=1S/C23H13F3N2/c1-14-12-27-23(28-13-14)18-7-6-16(20(24)10-18)4-2-15-3-5-17-9-21(25)22(26)11-19(17)8-15/h3,5-13H,1H3. The summed E-state index contributed by atoms with van der Waals surface area (Å²) in [7, 11) is 0. The lowest BCUT2D eigenvalue weighted by atomic mass is 10.1. The number of hydrogen-bond acceptors (Lipinski definition) is 2. The van der Waals surface area contributed by atoms with Crippen molar-refractivity contribution < 1.29 is 13.2 Å².